The third-order valence-electron chi connectivity index (χ3n) is 3.95. The van der Waals surface area contributed by atoms with Crippen molar-refractivity contribution in [1.29, 1.82) is 0 Å². The number of rotatable bonds is 4. The molecule has 0 aliphatic carbocycles. The van der Waals surface area contributed by atoms with Gasteiger partial charge in [0.2, 0.25) is 5.89 Å². The van der Waals surface area contributed by atoms with Crippen LogP contribution in [0.4, 0.5) is 4.39 Å². The minimum Gasteiger partial charge on any atom is -0.444 e. The molecule has 1 fully saturated rings. The summed E-state index contributed by atoms with van der Waals surface area (Å²) in [6.45, 7) is 3.58. The van der Waals surface area contributed by atoms with Gasteiger partial charge in [0.05, 0.1) is 5.69 Å². The fourth-order valence-electron chi connectivity index (χ4n) is 2.85. The molecule has 0 saturated carbocycles. The summed E-state index contributed by atoms with van der Waals surface area (Å²) in [5.74, 6) is 0.763. The molecule has 1 unspecified atom stereocenters. The van der Waals surface area contributed by atoms with Gasteiger partial charge in [-0.15, -0.1) is 12.4 Å². The lowest BCUT2D eigenvalue weighted by molar-refractivity contribution is 0.169. The molecule has 6 heteroatoms. The van der Waals surface area contributed by atoms with Crippen LogP contribution in [0.15, 0.2) is 34.9 Å². The topological polar surface area (TPSA) is 55.3 Å². The van der Waals surface area contributed by atoms with Crippen molar-refractivity contribution in [1.82, 2.24) is 9.88 Å². The normalized spacial score (nSPS) is 18.9. The summed E-state index contributed by atoms with van der Waals surface area (Å²) >= 11 is 0. The zero-order chi connectivity index (χ0) is 14.7. The van der Waals surface area contributed by atoms with E-state index in [9.17, 15) is 4.39 Å². The fourth-order valence-corrected chi connectivity index (χ4v) is 2.85. The average Bonchev–Trinajstić information content (AvgIpc) is 2.96. The van der Waals surface area contributed by atoms with E-state index in [1.165, 1.54) is 25.0 Å². The number of oxazole rings is 1. The monoisotopic (exact) mass is 325 g/mol. The summed E-state index contributed by atoms with van der Waals surface area (Å²) < 4.78 is 18.7. The van der Waals surface area contributed by atoms with Gasteiger partial charge in [0.1, 0.15) is 12.1 Å². The number of hydrogen-bond acceptors (Lipinski definition) is 4. The number of aromatic nitrogens is 1. The van der Waals surface area contributed by atoms with Crippen LogP contribution in [0.1, 0.15) is 18.5 Å². The van der Waals surface area contributed by atoms with Crippen molar-refractivity contribution in [2.45, 2.75) is 19.4 Å². The number of halogens is 2. The maximum absolute atomic E-state index is 13.2. The number of nitrogens with two attached hydrogens (primary N) is 1. The molecule has 2 heterocycles. The molecule has 1 aromatic heterocycles. The molecule has 0 amide bonds. The molecule has 22 heavy (non-hydrogen) atoms. The van der Waals surface area contributed by atoms with Gasteiger partial charge < -0.3 is 10.2 Å². The minimum atomic E-state index is -0.283. The lowest BCUT2D eigenvalue weighted by Gasteiger charge is -2.31. The maximum Gasteiger partial charge on any atom is 0.226 e. The third kappa shape index (κ3) is 4.06. The summed E-state index contributed by atoms with van der Waals surface area (Å²) in [4.78, 5) is 6.82. The molecule has 4 nitrogen and oxygen atoms in total. The Hall–Kier alpha value is -1.43. The minimum absolute atomic E-state index is 0. The van der Waals surface area contributed by atoms with Crippen molar-refractivity contribution in [2.75, 3.05) is 19.6 Å². The van der Waals surface area contributed by atoms with Crippen molar-refractivity contribution in [3.63, 3.8) is 0 Å². The smallest absolute Gasteiger partial charge is 0.226 e. The molecule has 1 saturated heterocycles. The lowest BCUT2D eigenvalue weighted by atomic mass is 9.98. The zero-order valence-corrected chi connectivity index (χ0v) is 13.2. The van der Waals surface area contributed by atoms with E-state index in [2.05, 4.69) is 9.88 Å². The van der Waals surface area contributed by atoms with Crippen molar-refractivity contribution in [2.24, 2.45) is 11.7 Å². The number of benzene rings is 1. The predicted octanol–water partition coefficient (Wildman–Crippen LogP) is 3.07. The van der Waals surface area contributed by atoms with Gasteiger partial charge in [0.15, 0.2) is 0 Å². The molecule has 120 valence electrons. The van der Waals surface area contributed by atoms with Gasteiger partial charge in [0, 0.05) is 18.7 Å². The van der Waals surface area contributed by atoms with Crippen LogP contribution in [0.3, 0.4) is 0 Å². The zero-order valence-electron chi connectivity index (χ0n) is 12.4. The van der Waals surface area contributed by atoms with E-state index in [4.69, 9.17) is 10.2 Å². The van der Waals surface area contributed by atoms with Gasteiger partial charge in [0.25, 0.3) is 0 Å². The quantitative estimate of drug-likeness (QED) is 0.938. The molecule has 2 N–H and O–H groups in total. The lowest BCUT2D eigenvalue weighted by Crippen LogP contribution is -2.37. The summed E-state index contributed by atoms with van der Waals surface area (Å²) in [5, 5.41) is 0. The van der Waals surface area contributed by atoms with E-state index in [1.54, 1.807) is 18.4 Å². The van der Waals surface area contributed by atoms with Gasteiger partial charge in [-0.1, -0.05) is 6.07 Å². The van der Waals surface area contributed by atoms with Crippen LogP contribution in [-0.4, -0.2) is 29.5 Å². The van der Waals surface area contributed by atoms with Crippen LogP contribution in [0, 0.1) is 11.7 Å². The second-order valence-electron chi connectivity index (χ2n) is 5.63. The van der Waals surface area contributed by atoms with Crippen LogP contribution in [0.5, 0.6) is 0 Å². The van der Waals surface area contributed by atoms with Crippen LogP contribution in [-0.2, 0) is 6.54 Å². The highest BCUT2D eigenvalue weighted by molar-refractivity contribution is 5.85. The molecular weight excluding hydrogens is 305 g/mol. The summed E-state index contributed by atoms with van der Waals surface area (Å²) in [7, 11) is 0. The van der Waals surface area contributed by atoms with Gasteiger partial charge in [-0.2, -0.15) is 0 Å². The van der Waals surface area contributed by atoms with Crippen LogP contribution in [0.25, 0.3) is 11.5 Å². The number of nitrogens with zero attached hydrogens (tertiary/aromatic N) is 2. The van der Waals surface area contributed by atoms with E-state index in [0.717, 1.165) is 31.9 Å². The van der Waals surface area contributed by atoms with Gasteiger partial charge in [-0.3, -0.25) is 4.90 Å². The first-order chi connectivity index (χ1) is 10.2. The van der Waals surface area contributed by atoms with E-state index in [1.807, 2.05) is 0 Å². The Labute approximate surface area is 135 Å². The van der Waals surface area contributed by atoms with Gasteiger partial charge in [-0.05, 0) is 50.0 Å². The fraction of sp³-hybridized carbons (Fsp3) is 0.438. The SMILES string of the molecule is Cl.NCC1CCCN(Cc2coc(-c3cccc(F)c3)n2)C1. The van der Waals surface area contributed by atoms with Crippen LogP contribution < -0.4 is 5.73 Å². The molecule has 1 aromatic carbocycles. The Morgan fingerprint density at radius 2 is 2.27 bits per heavy atom. The Bertz CT molecular complexity index is 605. The van der Waals surface area contributed by atoms with E-state index in [0.29, 0.717) is 17.4 Å². The molecular formula is C16H21ClFN3O. The first-order valence-electron chi connectivity index (χ1n) is 7.37. The highest BCUT2D eigenvalue weighted by atomic mass is 35.5. The van der Waals surface area contributed by atoms with E-state index < -0.39 is 0 Å². The molecule has 1 aliphatic rings. The Morgan fingerprint density at radius 3 is 3.05 bits per heavy atom. The van der Waals surface area contributed by atoms with Gasteiger partial charge in [-0.25, -0.2) is 9.37 Å². The average molecular weight is 326 g/mol. The number of likely N-dealkylation sites (tertiary alicyclic amines) is 1. The second kappa shape index (κ2) is 7.72. The standard InChI is InChI=1S/C16H20FN3O.ClH/c17-14-5-1-4-13(7-14)16-19-15(11-21-16)10-20-6-2-3-12(8-18)9-20;/h1,4-5,7,11-12H,2-3,6,8-10,18H2;1H. The van der Waals surface area contributed by atoms with Gasteiger partial charge >= 0.3 is 0 Å². The molecule has 1 atom stereocenters. The molecule has 3 rings (SSSR count). The number of piperidine rings is 1. The predicted molar refractivity (Wildman–Crippen MR) is 86.2 cm³/mol. The highest BCUT2D eigenvalue weighted by Gasteiger charge is 2.20. The summed E-state index contributed by atoms with van der Waals surface area (Å²) in [6, 6.07) is 6.30. The summed E-state index contributed by atoms with van der Waals surface area (Å²) in [6.07, 6.45) is 4.04. The Kier molecular flexibility index (Phi) is 5.94. The molecule has 0 spiro atoms. The molecule has 1 aliphatic heterocycles. The summed E-state index contributed by atoms with van der Waals surface area (Å²) in [5.41, 5.74) is 7.30. The van der Waals surface area contributed by atoms with Crippen molar-refractivity contribution in [3.8, 4) is 11.5 Å². The van der Waals surface area contributed by atoms with E-state index in [-0.39, 0.29) is 18.2 Å². The largest absolute Gasteiger partial charge is 0.444 e. The Balaban J connectivity index is 0.00000176. The number of hydrogen-bond donors (Lipinski definition) is 1. The second-order valence-corrected chi connectivity index (χ2v) is 5.63. The first-order valence-corrected chi connectivity index (χ1v) is 7.37. The molecule has 0 bridgehead atoms. The van der Waals surface area contributed by atoms with Crippen molar-refractivity contribution < 1.29 is 8.81 Å². The molecule has 0 radical (unpaired) electrons. The highest BCUT2D eigenvalue weighted by Crippen LogP contribution is 2.22. The van der Waals surface area contributed by atoms with Crippen molar-refractivity contribution >= 4 is 12.4 Å². The van der Waals surface area contributed by atoms with Crippen LogP contribution >= 0.6 is 12.4 Å². The van der Waals surface area contributed by atoms with E-state index >= 15 is 0 Å². The van der Waals surface area contributed by atoms with Crippen molar-refractivity contribution in [3.05, 3.63) is 42.0 Å². The van der Waals surface area contributed by atoms with Crippen LogP contribution in [0.2, 0.25) is 0 Å². The maximum atomic E-state index is 13.2. The third-order valence-corrected chi connectivity index (χ3v) is 3.95. The Morgan fingerprint density at radius 1 is 1.41 bits per heavy atom. The first kappa shape index (κ1) is 16.9. The molecule has 2 aromatic rings.